The van der Waals surface area contributed by atoms with E-state index >= 15 is 0 Å². The molecule has 0 heterocycles. The lowest BCUT2D eigenvalue weighted by molar-refractivity contribution is -0.116. The Kier molecular flexibility index (Phi) is 1.99. The van der Waals surface area contributed by atoms with Gasteiger partial charge in [-0.15, -0.1) is 0 Å². The summed E-state index contributed by atoms with van der Waals surface area (Å²) in [5, 5.41) is 0. The van der Waals surface area contributed by atoms with Gasteiger partial charge in [-0.3, -0.25) is 9.59 Å². The number of hydrogen-bond acceptors (Lipinski definition) is 2. The van der Waals surface area contributed by atoms with Crippen LogP contribution in [-0.2, 0) is 9.59 Å². The third-order valence-electron chi connectivity index (χ3n) is 2.75. The zero-order chi connectivity index (χ0) is 10.3. The van der Waals surface area contributed by atoms with Gasteiger partial charge in [0.1, 0.15) is 0 Å². The van der Waals surface area contributed by atoms with Crippen molar-refractivity contribution in [2.45, 2.75) is 26.7 Å². The van der Waals surface area contributed by atoms with Crippen molar-refractivity contribution in [2.75, 3.05) is 0 Å². The van der Waals surface area contributed by atoms with Gasteiger partial charge in [-0.05, 0) is 32.8 Å². The minimum absolute atomic E-state index is 0.0181. The van der Waals surface area contributed by atoms with E-state index in [2.05, 4.69) is 0 Å². The van der Waals surface area contributed by atoms with Gasteiger partial charge in [0, 0.05) is 16.7 Å². The number of rotatable bonds is 0. The third kappa shape index (κ3) is 1.27. The van der Waals surface area contributed by atoms with Gasteiger partial charge in [0.25, 0.3) is 0 Å². The first-order valence-corrected chi connectivity index (χ1v) is 4.74. The van der Waals surface area contributed by atoms with Gasteiger partial charge in [-0.2, -0.15) is 0 Å². The number of allylic oxidation sites excluding steroid dienone is 6. The van der Waals surface area contributed by atoms with Crippen LogP contribution in [0.5, 0.6) is 0 Å². The number of Topliss-reactive ketones (excluding diaryl/α,β-unsaturated/α-hetero) is 1. The van der Waals surface area contributed by atoms with E-state index in [0.717, 1.165) is 0 Å². The molecular weight excluding hydrogens is 176 g/mol. The molecule has 0 bridgehead atoms. The number of hydrogen-bond donors (Lipinski definition) is 0. The molecule has 0 N–H and O–H groups in total. The average Bonchev–Trinajstić information content (AvgIpc) is 2.14. The van der Waals surface area contributed by atoms with Gasteiger partial charge in [-0.25, -0.2) is 0 Å². The minimum Gasteiger partial charge on any atom is -0.290 e. The van der Waals surface area contributed by atoms with E-state index < -0.39 is 0 Å². The lowest BCUT2D eigenvalue weighted by Gasteiger charge is -2.20. The molecule has 0 aliphatic heterocycles. The predicted molar refractivity (Wildman–Crippen MR) is 53.8 cm³/mol. The summed E-state index contributed by atoms with van der Waals surface area (Å²) in [5.74, 6) is 0.0629. The molecule has 0 saturated carbocycles. The molecule has 14 heavy (non-hydrogen) atoms. The molecule has 0 saturated heterocycles. The fraction of sp³-hybridized carbons (Fsp3) is 0.333. The van der Waals surface area contributed by atoms with Gasteiger partial charge < -0.3 is 0 Å². The molecule has 0 radical (unpaired) electrons. The smallest absolute Gasteiger partial charge is 0.185 e. The zero-order valence-corrected chi connectivity index (χ0v) is 8.39. The molecule has 0 aromatic heterocycles. The van der Waals surface area contributed by atoms with Gasteiger partial charge in [-0.1, -0.05) is 11.6 Å². The zero-order valence-electron chi connectivity index (χ0n) is 8.39. The molecule has 2 nitrogen and oxygen atoms in total. The summed E-state index contributed by atoms with van der Waals surface area (Å²) in [6.07, 6.45) is 4.75. The molecule has 2 heteroatoms. The van der Waals surface area contributed by atoms with Crippen molar-refractivity contribution in [3.05, 3.63) is 34.4 Å². The number of carbonyl (C=O) groups is 2. The highest BCUT2D eigenvalue weighted by Gasteiger charge is 2.27. The summed E-state index contributed by atoms with van der Waals surface area (Å²) in [5.41, 5.74) is 3.17. The van der Waals surface area contributed by atoms with Crippen molar-refractivity contribution in [1.82, 2.24) is 0 Å². The van der Waals surface area contributed by atoms with Crippen LogP contribution < -0.4 is 0 Å². The van der Waals surface area contributed by atoms with Gasteiger partial charge in [0.15, 0.2) is 11.6 Å². The Hall–Kier alpha value is -1.44. The maximum Gasteiger partial charge on any atom is 0.185 e. The van der Waals surface area contributed by atoms with Crippen LogP contribution in [0, 0.1) is 0 Å². The Morgan fingerprint density at radius 1 is 1.14 bits per heavy atom. The van der Waals surface area contributed by atoms with E-state index in [0.29, 0.717) is 29.6 Å². The summed E-state index contributed by atoms with van der Waals surface area (Å²) in [6, 6.07) is 0. The molecule has 2 aliphatic carbocycles. The monoisotopic (exact) mass is 188 g/mol. The Morgan fingerprint density at radius 2 is 1.86 bits per heavy atom. The van der Waals surface area contributed by atoms with E-state index in [1.54, 1.807) is 6.92 Å². The van der Waals surface area contributed by atoms with Crippen molar-refractivity contribution >= 4 is 11.6 Å². The van der Waals surface area contributed by atoms with Crippen LogP contribution in [0.25, 0.3) is 0 Å². The SMILES string of the molecule is CC1=CCC2=C(C1)C(=O)C=C(C)C2=O. The molecule has 0 aromatic rings. The van der Waals surface area contributed by atoms with Gasteiger partial charge >= 0.3 is 0 Å². The predicted octanol–water partition coefficient (Wildman–Crippen LogP) is 2.12. The lowest BCUT2D eigenvalue weighted by Crippen LogP contribution is -2.20. The topological polar surface area (TPSA) is 34.1 Å². The fourth-order valence-electron chi connectivity index (χ4n) is 1.91. The quantitative estimate of drug-likeness (QED) is 0.431. The maximum absolute atomic E-state index is 11.7. The van der Waals surface area contributed by atoms with Crippen molar-refractivity contribution < 1.29 is 9.59 Å². The molecule has 0 atom stereocenters. The summed E-state index contributed by atoms with van der Waals surface area (Å²) >= 11 is 0. The highest BCUT2D eigenvalue weighted by atomic mass is 16.1. The van der Waals surface area contributed by atoms with Gasteiger partial charge in [0.2, 0.25) is 0 Å². The molecule has 0 unspecified atom stereocenters. The van der Waals surface area contributed by atoms with Gasteiger partial charge in [0.05, 0.1) is 0 Å². The van der Waals surface area contributed by atoms with Crippen LogP contribution >= 0.6 is 0 Å². The fourth-order valence-corrected chi connectivity index (χ4v) is 1.91. The van der Waals surface area contributed by atoms with Crippen LogP contribution in [0.4, 0.5) is 0 Å². The highest BCUT2D eigenvalue weighted by Crippen LogP contribution is 2.30. The second-order valence-corrected chi connectivity index (χ2v) is 3.91. The number of carbonyl (C=O) groups excluding carboxylic acids is 2. The summed E-state index contributed by atoms with van der Waals surface area (Å²) in [7, 11) is 0. The minimum atomic E-state index is 0.0181. The van der Waals surface area contributed by atoms with Crippen molar-refractivity contribution in [3.8, 4) is 0 Å². The third-order valence-corrected chi connectivity index (χ3v) is 2.75. The van der Waals surface area contributed by atoms with Crippen LogP contribution in [0.1, 0.15) is 26.7 Å². The first-order chi connectivity index (χ1) is 6.59. The Labute approximate surface area is 83.0 Å². The largest absolute Gasteiger partial charge is 0.290 e. The molecule has 0 spiro atoms. The van der Waals surface area contributed by atoms with E-state index in [1.165, 1.54) is 11.6 Å². The van der Waals surface area contributed by atoms with E-state index in [4.69, 9.17) is 0 Å². The van der Waals surface area contributed by atoms with E-state index in [-0.39, 0.29) is 11.6 Å². The Balaban J connectivity index is 2.44. The first kappa shape index (κ1) is 9.13. The molecular formula is C12H12O2. The first-order valence-electron chi connectivity index (χ1n) is 4.74. The average molecular weight is 188 g/mol. The lowest BCUT2D eigenvalue weighted by atomic mass is 9.82. The van der Waals surface area contributed by atoms with Crippen LogP contribution in [0.15, 0.2) is 34.4 Å². The summed E-state index contributed by atoms with van der Waals surface area (Å²) in [6.45, 7) is 3.70. The van der Waals surface area contributed by atoms with Crippen molar-refractivity contribution in [1.29, 1.82) is 0 Å². The molecule has 2 aliphatic rings. The van der Waals surface area contributed by atoms with E-state index in [9.17, 15) is 9.59 Å². The Morgan fingerprint density at radius 3 is 2.57 bits per heavy atom. The summed E-state index contributed by atoms with van der Waals surface area (Å²) < 4.78 is 0. The summed E-state index contributed by atoms with van der Waals surface area (Å²) in [4.78, 5) is 23.3. The van der Waals surface area contributed by atoms with Crippen molar-refractivity contribution in [3.63, 3.8) is 0 Å². The van der Waals surface area contributed by atoms with Crippen LogP contribution in [0.2, 0.25) is 0 Å². The van der Waals surface area contributed by atoms with E-state index in [1.807, 2.05) is 13.0 Å². The highest BCUT2D eigenvalue weighted by molar-refractivity contribution is 6.22. The number of ketones is 2. The van der Waals surface area contributed by atoms with Crippen LogP contribution in [0.3, 0.4) is 0 Å². The van der Waals surface area contributed by atoms with Crippen molar-refractivity contribution in [2.24, 2.45) is 0 Å². The molecule has 0 aromatic carbocycles. The van der Waals surface area contributed by atoms with Crippen LogP contribution in [-0.4, -0.2) is 11.6 Å². The molecule has 72 valence electrons. The molecule has 0 amide bonds. The second kappa shape index (κ2) is 3.05. The molecule has 0 fully saturated rings. The standard InChI is InChI=1S/C12H12O2/c1-7-3-4-9-10(5-7)11(13)6-8(2)12(9)14/h3,6H,4-5H2,1-2H3. The normalized spacial score (nSPS) is 21.9. The maximum atomic E-state index is 11.7. The Bertz CT molecular complexity index is 420. The second-order valence-electron chi connectivity index (χ2n) is 3.91. The molecule has 2 rings (SSSR count).